The second-order valence-corrected chi connectivity index (χ2v) is 3.07. The maximum Gasteiger partial charge on any atom is 0.354 e. The summed E-state index contributed by atoms with van der Waals surface area (Å²) >= 11 is 0. The van der Waals surface area contributed by atoms with E-state index in [1.807, 2.05) is 20.8 Å². The van der Waals surface area contributed by atoms with Crippen molar-refractivity contribution in [3.63, 3.8) is 0 Å². The minimum Gasteiger partial charge on any atom is -0.455 e. The molecular weight excluding hydrogens is 154 g/mol. The molecule has 12 heavy (non-hydrogen) atoms. The van der Waals surface area contributed by atoms with Crippen molar-refractivity contribution < 1.29 is 9.53 Å². The minimum atomic E-state index is -0.513. The van der Waals surface area contributed by atoms with Gasteiger partial charge in [0.05, 0.1) is 0 Å². The molecule has 0 aliphatic heterocycles. The molecule has 0 aromatic carbocycles. The number of hydrogen-bond donors (Lipinski definition) is 1. The fourth-order valence-corrected chi connectivity index (χ4v) is 0.684. The van der Waals surface area contributed by atoms with E-state index in [1.54, 1.807) is 0 Å². The highest BCUT2D eigenvalue weighted by molar-refractivity contribution is 5.86. The van der Waals surface area contributed by atoms with Crippen LogP contribution in [0.5, 0.6) is 0 Å². The van der Waals surface area contributed by atoms with Crippen LogP contribution in [0, 0.1) is 0 Å². The van der Waals surface area contributed by atoms with Crippen LogP contribution in [0.4, 0.5) is 0 Å². The summed E-state index contributed by atoms with van der Waals surface area (Å²) in [7, 11) is 0. The van der Waals surface area contributed by atoms with Gasteiger partial charge < -0.3 is 10.5 Å². The average molecular weight is 171 g/mol. The molecule has 70 valence electrons. The molecule has 3 heteroatoms. The third-order valence-electron chi connectivity index (χ3n) is 2.10. The Labute approximate surface area is 73.6 Å². The Morgan fingerprint density at radius 2 is 1.92 bits per heavy atom. The molecule has 0 saturated heterocycles. The van der Waals surface area contributed by atoms with E-state index in [1.165, 1.54) is 0 Å². The van der Waals surface area contributed by atoms with Crippen LogP contribution in [0.1, 0.15) is 33.6 Å². The summed E-state index contributed by atoms with van der Waals surface area (Å²) in [6, 6.07) is 0. The van der Waals surface area contributed by atoms with Gasteiger partial charge in [0.2, 0.25) is 0 Å². The van der Waals surface area contributed by atoms with Crippen molar-refractivity contribution >= 4 is 5.97 Å². The van der Waals surface area contributed by atoms with Crippen molar-refractivity contribution in [2.24, 2.45) is 5.73 Å². The van der Waals surface area contributed by atoms with E-state index >= 15 is 0 Å². The zero-order chi connectivity index (χ0) is 9.78. The van der Waals surface area contributed by atoms with Crippen LogP contribution in [0.25, 0.3) is 0 Å². The predicted octanol–water partition coefficient (Wildman–Crippen LogP) is 1.58. The first-order valence-electron chi connectivity index (χ1n) is 4.13. The fraction of sp³-hybridized carbons (Fsp3) is 0.667. The quantitative estimate of drug-likeness (QED) is 0.516. The molecule has 3 nitrogen and oxygen atoms in total. The lowest BCUT2D eigenvalue weighted by Gasteiger charge is -2.26. The largest absolute Gasteiger partial charge is 0.455 e. The van der Waals surface area contributed by atoms with Crippen molar-refractivity contribution in [2.45, 2.75) is 39.2 Å². The van der Waals surface area contributed by atoms with Gasteiger partial charge in [0.1, 0.15) is 11.3 Å². The zero-order valence-corrected chi connectivity index (χ0v) is 8.02. The molecule has 0 rings (SSSR count). The predicted molar refractivity (Wildman–Crippen MR) is 48.4 cm³/mol. The van der Waals surface area contributed by atoms with E-state index in [-0.39, 0.29) is 5.70 Å². The lowest BCUT2D eigenvalue weighted by atomic mass is 10.0. The van der Waals surface area contributed by atoms with Crippen molar-refractivity contribution in [3.8, 4) is 0 Å². The van der Waals surface area contributed by atoms with Crippen molar-refractivity contribution in [1.82, 2.24) is 0 Å². The highest BCUT2D eigenvalue weighted by atomic mass is 16.6. The van der Waals surface area contributed by atoms with E-state index in [0.29, 0.717) is 0 Å². The molecule has 0 spiro atoms. The Hall–Kier alpha value is -0.990. The fourth-order valence-electron chi connectivity index (χ4n) is 0.684. The zero-order valence-electron chi connectivity index (χ0n) is 8.02. The van der Waals surface area contributed by atoms with E-state index in [0.717, 1.165) is 12.8 Å². The highest BCUT2D eigenvalue weighted by Crippen LogP contribution is 2.19. The molecule has 0 aromatic heterocycles. The maximum absolute atomic E-state index is 11.0. The van der Waals surface area contributed by atoms with Crippen molar-refractivity contribution in [1.29, 1.82) is 0 Å². The summed E-state index contributed by atoms with van der Waals surface area (Å²) in [4.78, 5) is 11.0. The molecule has 0 saturated carbocycles. The van der Waals surface area contributed by atoms with Crippen LogP contribution >= 0.6 is 0 Å². The molecule has 0 fully saturated rings. The van der Waals surface area contributed by atoms with Crippen LogP contribution in [-0.4, -0.2) is 11.6 Å². The molecule has 0 aliphatic carbocycles. The summed E-state index contributed by atoms with van der Waals surface area (Å²) < 4.78 is 5.13. The molecule has 0 aromatic rings. The SMILES string of the molecule is C=C(N)C(=O)OC(C)(CC)CC. The standard InChI is InChI=1S/C9H17NO2/c1-5-9(4,6-2)12-8(11)7(3)10/h3,5-6,10H2,1-2,4H3. The first-order chi connectivity index (χ1) is 5.45. The van der Waals surface area contributed by atoms with Gasteiger partial charge in [0.15, 0.2) is 0 Å². The Kier molecular flexibility index (Phi) is 3.80. The smallest absolute Gasteiger partial charge is 0.354 e. The minimum absolute atomic E-state index is 0.0388. The summed E-state index contributed by atoms with van der Waals surface area (Å²) in [6.45, 7) is 9.13. The van der Waals surface area contributed by atoms with Gasteiger partial charge in [-0.1, -0.05) is 20.4 Å². The molecule has 0 unspecified atom stereocenters. The normalized spacial score (nSPS) is 10.9. The highest BCUT2D eigenvalue weighted by Gasteiger charge is 2.24. The molecule has 0 aliphatic rings. The second-order valence-electron chi connectivity index (χ2n) is 3.07. The maximum atomic E-state index is 11.0. The first kappa shape index (κ1) is 11.0. The summed E-state index contributed by atoms with van der Waals surface area (Å²) in [6.07, 6.45) is 1.56. The van der Waals surface area contributed by atoms with Crippen LogP contribution in [0.2, 0.25) is 0 Å². The van der Waals surface area contributed by atoms with Gasteiger partial charge >= 0.3 is 5.97 Å². The molecule has 0 bridgehead atoms. The third-order valence-corrected chi connectivity index (χ3v) is 2.10. The summed E-state index contributed by atoms with van der Waals surface area (Å²) in [5.74, 6) is -0.513. The van der Waals surface area contributed by atoms with Crippen LogP contribution in [0.15, 0.2) is 12.3 Å². The van der Waals surface area contributed by atoms with E-state index < -0.39 is 11.6 Å². The number of esters is 1. The van der Waals surface area contributed by atoms with Gasteiger partial charge in [-0.2, -0.15) is 0 Å². The Bertz CT molecular complexity index is 183. The topological polar surface area (TPSA) is 52.3 Å². The van der Waals surface area contributed by atoms with E-state index in [2.05, 4.69) is 6.58 Å². The second kappa shape index (κ2) is 4.14. The molecule has 0 radical (unpaired) electrons. The Balaban J connectivity index is 4.21. The number of nitrogens with two attached hydrogens (primary N) is 1. The molecule has 2 N–H and O–H groups in total. The monoisotopic (exact) mass is 171 g/mol. The van der Waals surface area contributed by atoms with Gasteiger partial charge in [0, 0.05) is 0 Å². The third kappa shape index (κ3) is 2.95. The molecule has 0 amide bonds. The molecule has 0 heterocycles. The Morgan fingerprint density at radius 3 is 2.17 bits per heavy atom. The number of ether oxygens (including phenoxy) is 1. The summed E-state index contributed by atoms with van der Waals surface area (Å²) in [5.41, 5.74) is 4.74. The van der Waals surface area contributed by atoms with Crippen LogP contribution < -0.4 is 5.73 Å². The van der Waals surface area contributed by atoms with Gasteiger partial charge in [-0.3, -0.25) is 0 Å². The van der Waals surface area contributed by atoms with Gasteiger partial charge in [-0.05, 0) is 19.8 Å². The van der Waals surface area contributed by atoms with Crippen LogP contribution in [0.3, 0.4) is 0 Å². The number of carbonyl (C=O) groups excluding carboxylic acids is 1. The van der Waals surface area contributed by atoms with Gasteiger partial charge in [0.25, 0.3) is 0 Å². The lowest BCUT2D eigenvalue weighted by Crippen LogP contribution is -2.31. The van der Waals surface area contributed by atoms with E-state index in [9.17, 15) is 4.79 Å². The Morgan fingerprint density at radius 1 is 1.50 bits per heavy atom. The van der Waals surface area contributed by atoms with Gasteiger partial charge in [-0.25, -0.2) is 4.79 Å². The van der Waals surface area contributed by atoms with Crippen molar-refractivity contribution in [3.05, 3.63) is 12.3 Å². The number of rotatable bonds is 4. The van der Waals surface area contributed by atoms with Crippen molar-refractivity contribution in [2.75, 3.05) is 0 Å². The van der Waals surface area contributed by atoms with E-state index in [4.69, 9.17) is 10.5 Å². The van der Waals surface area contributed by atoms with Gasteiger partial charge in [-0.15, -0.1) is 0 Å². The number of hydrogen-bond acceptors (Lipinski definition) is 3. The lowest BCUT2D eigenvalue weighted by molar-refractivity contribution is -0.153. The average Bonchev–Trinajstić information content (AvgIpc) is 2.04. The molecular formula is C9H17NO2. The summed E-state index contributed by atoms with van der Waals surface area (Å²) in [5, 5.41) is 0. The molecule has 0 atom stereocenters. The number of carbonyl (C=O) groups is 1. The first-order valence-corrected chi connectivity index (χ1v) is 4.13. The van der Waals surface area contributed by atoms with Crippen LogP contribution in [-0.2, 0) is 9.53 Å².